The highest BCUT2D eigenvalue weighted by Crippen LogP contribution is 2.17. The van der Waals surface area contributed by atoms with E-state index in [9.17, 15) is 14.4 Å². The van der Waals surface area contributed by atoms with Crippen molar-refractivity contribution in [1.82, 2.24) is 0 Å². The lowest BCUT2D eigenvalue weighted by Gasteiger charge is -2.18. The van der Waals surface area contributed by atoms with Crippen molar-refractivity contribution >= 4 is 17.9 Å². The van der Waals surface area contributed by atoms with Gasteiger partial charge in [-0.3, -0.25) is 14.4 Å². The highest BCUT2D eigenvalue weighted by atomic mass is 16.6. The number of rotatable bonds is 43. The third-order valence-electron chi connectivity index (χ3n) is 11.1. The molecule has 1 atom stereocenters. The first-order valence-electron chi connectivity index (χ1n) is 24.6. The van der Waals surface area contributed by atoms with E-state index < -0.39 is 6.10 Å². The number of ether oxygens (including phenoxy) is 3. The molecule has 0 aromatic heterocycles. The van der Waals surface area contributed by atoms with Gasteiger partial charge in [0.15, 0.2) is 6.10 Å². The summed E-state index contributed by atoms with van der Waals surface area (Å²) in [6.07, 6.45) is 39.6. The number of hydrogen-bond acceptors (Lipinski definition) is 6. The van der Waals surface area contributed by atoms with Crippen LogP contribution in [0.4, 0.5) is 0 Å². The van der Waals surface area contributed by atoms with Gasteiger partial charge in [-0.25, -0.2) is 0 Å². The van der Waals surface area contributed by atoms with Gasteiger partial charge in [-0.05, 0) is 37.0 Å². The van der Waals surface area contributed by atoms with E-state index in [2.05, 4.69) is 41.5 Å². The summed E-state index contributed by atoms with van der Waals surface area (Å²) in [5, 5.41) is 0. The Morgan fingerprint density at radius 2 is 0.518 bits per heavy atom. The van der Waals surface area contributed by atoms with Crippen molar-refractivity contribution in [3.8, 4) is 0 Å². The van der Waals surface area contributed by atoms with Crippen LogP contribution in [0.2, 0.25) is 0 Å². The van der Waals surface area contributed by atoms with Crippen molar-refractivity contribution in [2.45, 2.75) is 272 Å². The van der Waals surface area contributed by atoms with Crippen LogP contribution in [0.5, 0.6) is 0 Å². The van der Waals surface area contributed by atoms with E-state index in [1.807, 2.05) is 0 Å². The summed E-state index contributed by atoms with van der Waals surface area (Å²) in [5.41, 5.74) is 0. The zero-order chi connectivity index (χ0) is 41.3. The molecule has 0 aromatic carbocycles. The highest BCUT2D eigenvalue weighted by Gasteiger charge is 2.19. The molecule has 0 aliphatic carbocycles. The molecule has 0 unspecified atom stereocenters. The molecule has 0 saturated heterocycles. The van der Waals surface area contributed by atoms with Gasteiger partial charge in [-0.2, -0.15) is 0 Å². The molecule has 0 N–H and O–H groups in total. The summed E-state index contributed by atoms with van der Waals surface area (Å²) in [7, 11) is 0. The summed E-state index contributed by atoms with van der Waals surface area (Å²) in [4.78, 5) is 37.8. The molecule has 0 radical (unpaired) electrons. The van der Waals surface area contributed by atoms with E-state index >= 15 is 0 Å². The molecule has 0 heterocycles. The SMILES string of the molecule is CC(C)CCCCCCCCCCCCCCCCC(=O)OC[C@@H](COC(=O)CCCCCCCCC(C)C)OC(=O)CCCCCCCCCCCC(C)C. The first-order valence-corrected chi connectivity index (χ1v) is 24.6. The third-order valence-corrected chi connectivity index (χ3v) is 11.1. The molecule has 0 fully saturated rings. The van der Waals surface area contributed by atoms with Crippen molar-refractivity contribution in [2.75, 3.05) is 13.2 Å². The predicted molar refractivity (Wildman–Crippen MR) is 238 cm³/mol. The Morgan fingerprint density at radius 3 is 0.768 bits per heavy atom. The molecule has 56 heavy (non-hydrogen) atoms. The van der Waals surface area contributed by atoms with E-state index in [-0.39, 0.29) is 31.1 Å². The van der Waals surface area contributed by atoms with Crippen molar-refractivity contribution in [2.24, 2.45) is 17.8 Å². The van der Waals surface area contributed by atoms with Gasteiger partial charge in [-0.1, -0.05) is 228 Å². The van der Waals surface area contributed by atoms with Crippen molar-refractivity contribution in [3.63, 3.8) is 0 Å². The highest BCUT2D eigenvalue weighted by molar-refractivity contribution is 5.71. The second-order valence-corrected chi connectivity index (χ2v) is 18.5. The van der Waals surface area contributed by atoms with Crippen LogP contribution < -0.4 is 0 Å². The summed E-state index contributed by atoms with van der Waals surface area (Å²) in [5.74, 6) is 1.55. The lowest BCUT2D eigenvalue weighted by molar-refractivity contribution is -0.167. The topological polar surface area (TPSA) is 78.9 Å². The Bertz CT molecular complexity index is 868. The average molecular weight is 793 g/mol. The van der Waals surface area contributed by atoms with Gasteiger partial charge in [0.2, 0.25) is 0 Å². The van der Waals surface area contributed by atoms with Gasteiger partial charge < -0.3 is 14.2 Å². The summed E-state index contributed by atoms with van der Waals surface area (Å²) < 4.78 is 16.7. The van der Waals surface area contributed by atoms with Gasteiger partial charge in [0.05, 0.1) is 0 Å². The standard InChI is InChI=1S/C50H96O6/c1-44(2)36-30-24-18-14-11-9-7-8-10-12-16-20-27-33-39-48(51)54-42-47(43-55-49(52)40-34-28-23-22-26-32-38-46(5)6)56-50(53)41-35-29-21-17-13-15-19-25-31-37-45(3)4/h44-47H,7-43H2,1-6H3/t47-/m0/s1. The summed E-state index contributed by atoms with van der Waals surface area (Å²) in [6, 6.07) is 0. The minimum Gasteiger partial charge on any atom is -0.462 e. The molecule has 0 spiro atoms. The quantitative estimate of drug-likeness (QED) is 0.0348. The van der Waals surface area contributed by atoms with E-state index in [0.29, 0.717) is 19.3 Å². The first kappa shape index (κ1) is 54.4. The molecule has 0 aromatic rings. The molecule has 332 valence electrons. The maximum Gasteiger partial charge on any atom is 0.306 e. The zero-order valence-electron chi connectivity index (χ0n) is 38.4. The Labute approximate surface area is 348 Å². The van der Waals surface area contributed by atoms with Crippen LogP contribution in [0.25, 0.3) is 0 Å². The van der Waals surface area contributed by atoms with Crippen LogP contribution in [-0.4, -0.2) is 37.2 Å². The van der Waals surface area contributed by atoms with Crippen molar-refractivity contribution in [3.05, 3.63) is 0 Å². The summed E-state index contributed by atoms with van der Waals surface area (Å²) >= 11 is 0. The van der Waals surface area contributed by atoms with Crippen LogP contribution in [0, 0.1) is 17.8 Å². The van der Waals surface area contributed by atoms with Crippen molar-refractivity contribution in [1.29, 1.82) is 0 Å². The smallest absolute Gasteiger partial charge is 0.306 e. The van der Waals surface area contributed by atoms with Gasteiger partial charge in [0.25, 0.3) is 0 Å². The molecular weight excluding hydrogens is 697 g/mol. The molecule has 0 rings (SSSR count). The van der Waals surface area contributed by atoms with Crippen LogP contribution in [0.3, 0.4) is 0 Å². The molecule has 0 aliphatic rings. The fourth-order valence-corrected chi connectivity index (χ4v) is 7.41. The lowest BCUT2D eigenvalue weighted by Crippen LogP contribution is -2.30. The largest absolute Gasteiger partial charge is 0.462 e. The second kappa shape index (κ2) is 41.6. The first-order chi connectivity index (χ1) is 27.1. The average Bonchev–Trinajstić information content (AvgIpc) is 3.15. The molecule has 0 saturated carbocycles. The van der Waals surface area contributed by atoms with Gasteiger partial charge in [0, 0.05) is 19.3 Å². The Kier molecular flexibility index (Phi) is 40.4. The number of carbonyl (C=O) groups is 3. The monoisotopic (exact) mass is 793 g/mol. The van der Waals surface area contributed by atoms with E-state index in [0.717, 1.165) is 75.5 Å². The maximum absolute atomic E-state index is 12.7. The van der Waals surface area contributed by atoms with E-state index in [1.54, 1.807) is 0 Å². The zero-order valence-corrected chi connectivity index (χ0v) is 38.4. The number of carbonyl (C=O) groups excluding carboxylic acids is 3. The number of unbranched alkanes of at least 4 members (excludes halogenated alkanes) is 26. The van der Waals surface area contributed by atoms with E-state index in [1.165, 1.54) is 148 Å². The van der Waals surface area contributed by atoms with Crippen LogP contribution in [0.1, 0.15) is 266 Å². The van der Waals surface area contributed by atoms with E-state index in [4.69, 9.17) is 14.2 Å². The number of esters is 3. The molecular formula is C50H96O6. The van der Waals surface area contributed by atoms with Gasteiger partial charge in [0.1, 0.15) is 13.2 Å². The normalized spacial score (nSPS) is 12.2. The minimum atomic E-state index is -0.762. The maximum atomic E-state index is 12.7. The molecule has 6 heteroatoms. The second-order valence-electron chi connectivity index (χ2n) is 18.5. The van der Waals surface area contributed by atoms with Gasteiger partial charge >= 0.3 is 17.9 Å². The van der Waals surface area contributed by atoms with Crippen LogP contribution >= 0.6 is 0 Å². The molecule has 0 aliphatic heterocycles. The predicted octanol–water partition coefficient (Wildman–Crippen LogP) is 15.6. The molecule has 6 nitrogen and oxygen atoms in total. The lowest BCUT2D eigenvalue weighted by atomic mass is 10.0. The van der Waals surface area contributed by atoms with Crippen molar-refractivity contribution < 1.29 is 28.6 Å². The molecule has 0 amide bonds. The van der Waals surface area contributed by atoms with Crippen LogP contribution in [-0.2, 0) is 28.6 Å². The Hall–Kier alpha value is -1.59. The fourth-order valence-electron chi connectivity index (χ4n) is 7.41. The summed E-state index contributed by atoms with van der Waals surface area (Å²) in [6.45, 7) is 13.6. The molecule has 0 bridgehead atoms. The third kappa shape index (κ3) is 43.5. The van der Waals surface area contributed by atoms with Gasteiger partial charge in [-0.15, -0.1) is 0 Å². The minimum absolute atomic E-state index is 0.0659. The number of hydrogen-bond donors (Lipinski definition) is 0. The fraction of sp³-hybridized carbons (Fsp3) is 0.940. The Morgan fingerprint density at radius 1 is 0.304 bits per heavy atom. The van der Waals surface area contributed by atoms with Crippen LogP contribution in [0.15, 0.2) is 0 Å². The Balaban J connectivity index is 4.26.